The molecule has 2 atom stereocenters. The van der Waals surface area contributed by atoms with Crippen molar-refractivity contribution in [1.82, 2.24) is 15.1 Å². The van der Waals surface area contributed by atoms with E-state index in [1.807, 2.05) is 24.0 Å². The fourth-order valence-electron chi connectivity index (χ4n) is 3.95. The number of likely N-dealkylation sites (N-methyl/N-ethyl adjacent to an activating group) is 1. The highest BCUT2D eigenvalue weighted by molar-refractivity contribution is 7.17. The van der Waals surface area contributed by atoms with Crippen molar-refractivity contribution in [3.05, 3.63) is 51.4 Å². The molecule has 6 nitrogen and oxygen atoms in total. The molecule has 1 aromatic heterocycles. The van der Waals surface area contributed by atoms with Crippen LogP contribution in [0.1, 0.15) is 28.4 Å². The summed E-state index contributed by atoms with van der Waals surface area (Å²) >= 11 is 7.06. The molecule has 0 radical (unpaired) electrons. The normalized spacial score (nSPS) is 21.7. The van der Waals surface area contributed by atoms with Gasteiger partial charge in [0.2, 0.25) is 0 Å². The predicted octanol–water partition coefficient (Wildman–Crippen LogP) is 3.64. The number of ether oxygens (including phenoxy) is 1. The van der Waals surface area contributed by atoms with Gasteiger partial charge in [-0.25, -0.2) is 4.79 Å². The molecule has 0 aliphatic carbocycles. The molecule has 1 fully saturated rings. The number of hydrogen-bond donors (Lipinski definition) is 1. The molecular weight excluding hydrogens is 410 g/mol. The van der Waals surface area contributed by atoms with Gasteiger partial charge in [-0.15, -0.1) is 0 Å². The Bertz CT molecular complexity index is 932. The lowest BCUT2D eigenvalue weighted by molar-refractivity contribution is 0.0785. The monoisotopic (exact) mass is 433 g/mol. The Morgan fingerprint density at radius 3 is 2.79 bits per heavy atom. The molecule has 2 aromatic rings. The number of hydrogen-bond acceptors (Lipinski definition) is 5. The van der Waals surface area contributed by atoms with Gasteiger partial charge in [-0.05, 0) is 54.8 Å². The number of nitrogens with one attached hydrogen (secondary N) is 1. The van der Waals surface area contributed by atoms with E-state index in [9.17, 15) is 9.59 Å². The summed E-state index contributed by atoms with van der Waals surface area (Å²) in [6.07, 6.45) is 0.444. The first kappa shape index (κ1) is 20.2. The van der Waals surface area contributed by atoms with E-state index in [4.69, 9.17) is 16.3 Å². The van der Waals surface area contributed by atoms with Crippen LogP contribution in [-0.4, -0.2) is 54.5 Å². The van der Waals surface area contributed by atoms with Gasteiger partial charge in [-0.2, -0.15) is 0 Å². The van der Waals surface area contributed by atoms with Gasteiger partial charge in [0.25, 0.3) is 5.91 Å². The van der Waals surface area contributed by atoms with E-state index in [1.165, 1.54) is 22.5 Å². The Balaban J connectivity index is 1.37. The molecule has 0 spiro atoms. The van der Waals surface area contributed by atoms with E-state index >= 15 is 0 Å². The summed E-state index contributed by atoms with van der Waals surface area (Å²) < 4.78 is 5.84. The molecule has 4 rings (SSSR count). The zero-order valence-corrected chi connectivity index (χ0v) is 18.1. The molecule has 1 saturated heterocycles. The van der Waals surface area contributed by atoms with E-state index in [0.29, 0.717) is 22.5 Å². The number of rotatable bonds is 3. The first-order chi connectivity index (χ1) is 13.9. The van der Waals surface area contributed by atoms with Gasteiger partial charge in [0, 0.05) is 31.7 Å². The molecule has 2 aliphatic rings. The van der Waals surface area contributed by atoms with Crippen LogP contribution in [-0.2, 0) is 13.0 Å². The summed E-state index contributed by atoms with van der Waals surface area (Å²) in [5.41, 5.74) is 3.27. The van der Waals surface area contributed by atoms with Crippen LogP contribution in [0, 0.1) is 5.92 Å². The van der Waals surface area contributed by atoms with Crippen LogP contribution in [0.5, 0.6) is 5.06 Å². The first-order valence-corrected chi connectivity index (χ1v) is 10.9. The Hall–Kier alpha value is -2.09. The minimum absolute atomic E-state index is 0.0151. The van der Waals surface area contributed by atoms with Crippen LogP contribution < -0.4 is 10.1 Å². The van der Waals surface area contributed by atoms with Crippen molar-refractivity contribution in [2.24, 2.45) is 5.92 Å². The molecule has 2 aliphatic heterocycles. The quantitative estimate of drug-likeness (QED) is 0.802. The number of carbonyl (C=O) groups is 2. The van der Waals surface area contributed by atoms with Crippen molar-refractivity contribution in [2.45, 2.75) is 25.9 Å². The van der Waals surface area contributed by atoms with Crippen molar-refractivity contribution >= 4 is 34.9 Å². The Morgan fingerprint density at radius 2 is 2.03 bits per heavy atom. The largest absolute Gasteiger partial charge is 0.413 e. The number of carbonyl (C=O) groups excluding carboxylic acids is 2. The third kappa shape index (κ3) is 4.57. The highest BCUT2D eigenvalue weighted by Gasteiger charge is 2.34. The van der Waals surface area contributed by atoms with Crippen molar-refractivity contribution in [2.75, 3.05) is 26.7 Å². The third-order valence-electron chi connectivity index (χ3n) is 5.60. The van der Waals surface area contributed by atoms with Crippen molar-refractivity contribution in [3.63, 3.8) is 0 Å². The minimum atomic E-state index is -0.521. The number of halogens is 1. The van der Waals surface area contributed by atoms with Crippen LogP contribution >= 0.6 is 22.9 Å². The number of nitrogens with zero attached hydrogens (tertiary/aromatic N) is 2. The smallest absolute Gasteiger partial charge is 0.399 e. The topological polar surface area (TPSA) is 61.9 Å². The van der Waals surface area contributed by atoms with Crippen LogP contribution in [0.2, 0.25) is 4.34 Å². The molecule has 29 heavy (non-hydrogen) atoms. The summed E-state index contributed by atoms with van der Waals surface area (Å²) in [5.74, 6) is 0.158. The standard InChI is InChI=1S/C21H24ClN3O3S/c1-13-10-25(12-17(13)23-21(27)28-19-6-5-18(22)29-19)20(26)15-3-4-16-11-24(2)8-7-14(16)9-15/h3-6,9,13,17H,7-8,10-12H2,1-2H3,(H,23,27). The summed E-state index contributed by atoms with van der Waals surface area (Å²) in [6, 6.07) is 9.22. The van der Waals surface area contributed by atoms with E-state index in [-0.39, 0.29) is 17.9 Å². The van der Waals surface area contributed by atoms with Crippen molar-refractivity contribution in [1.29, 1.82) is 0 Å². The Morgan fingerprint density at radius 1 is 1.21 bits per heavy atom. The third-order valence-corrected chi connectivity index (χ3v) is 6.71. The van der Waals surface area contributed by atoms with Gasteiger partial charge < -0.3 is 19.9 Å². The first-order valence-electron chi connectivity index (χ1n) is 9.72. The number of thiophene rings is 1. The molecule has 0 bridgehead atoms. The van der Waals surface area contributed by atoms with Crippen LogP contribution in [0.3, 0.4) is 0 Å². The van der Waals surface area contributed by atoms with Crippen molar-refractivity contribution in [3.8, 4) is 5.06 Å². The molecule has 0 saturated carbocycles. The molecule has 1 N–H and O–H groups in total. The highest BCUT2D eigenvalue weighted by Crippen LogP contribution is 2.28. The van der Waals surface area contributed by atoms with Crippen molar-refractivity contribution < 1.29 is 14.3 Å². The van der Waals surface area contributed by atoms with Gasteiger partial charge >= 0.3 is 6.09 Å². The fraction of sp³-hybridized carbons (Fsp3) is 0.429. The van der Waals surface area contributed by atoms with Crippen LogP contribution in [0.4, 0.5) is 4.79 Å². The number of amides is 2. The number of benzene rings is 1. The predicted molar refractivity (Wildman–Crippen MR) is 114 cm³/mol. The number of fused-ring (bicyclic) bond motifs is 1. The maximum Gasteiger partial charge on any atom is 0.413 e. The van der Waals surface area contributed by atoms with Gasteiger partial charge in [0.05, 0.1) is 10.4 Å². The van der Waals surface area contributed by atoms with E-state index in [1.54, 1.807) is 12.1 Å². The zero-order chi connectivity index (χ0) is 20.5. The Labute approximate surface area is 179 Å². The summed E-state index contributed by atoms with van der Waals surface area (Å²) in [5, 5.41) is 3.33. The second-order valence-corrected chi connectivity index (χ2v) is 9.54. The number of likely N-dealkylation sites (tertiary alicyclic amines) is 1. The van der Waals surface area contributed by atoms with Gasteiger partial charge in [-0.3, -0.25) is 4.79 Å². The maximum atomic E-state index is 13.0. The second kappa shape index (κ2) is 8.34. The van der Waals surface area contributed by atoms with Gasteiger partial charge in [0.1, 0.15) is 0 Å². The fourth-order valence-corrected chi connectivity index (χ4v) is 4.83. The second-order valence-electron chi connectivity index (χ2n) is 7.86. The lowest BCUT2D eigenvalue weighted by Crippen LogP contribution is -2.41. The SMILES string of the molecule is CC1CN(C(=O)c2ccc3c(c2)CCN(C)C3)CC1NC(=O)Oc1ccc(Cl)s1. The average molecular weight is 434 g/mol. The van der Waals surface area contributed by atoms with E-state index < -0.39 is 6.09 Å². The average Bonchev–Trinajstić information content (AvgIpc) is 3.26. The highest BCUT2D eigenvalue weighted by atomic mass is 35.5. The molecule has 2 amide bonds. The molecule has 154 valence electrons. The van der Waals surface area contributed by atoms with Gasteiger partial charge in [-0.1, -0.05) is 35.9 Å². The summed E-state index contributed by atoms with van der Waals surface area (Å²) in [4.78, 5) is 29.3. The van der Waals surface area contributed by atoms with E-state index in [0.717, 1.165) is 25.1 Å². The molecule has 1 aromatic carbocycles. The summed E-state index contributed by atoms with van der Waals surface area (Å²) in [7, 11) is 2.11. The molecule has 2 unspecified atom stereocenters. The van der Waals surface area contributed by atoms with E-state index in [2.05, 4.69) is 23.3 Å². The zero-order valence-electron chi connectivity index (χ0n) is 16.5. The molecular formula is C21H24ClN3O3S. The maximum absolute atomic E-state index is 13.0. The van der Waals surface area contributed by atoms with Crippen LogP contribution in [0.15, 0.2) is 30.3 Å². The van der Waals surface area contributed by atoms with Gasteiger partial charge in [0.15, 0.2) is 5.06 Å². The Kier molecular flexibility index (Phi) is 5.81. The van der Waals surface area contributed by atoms with Crippen LogP contribution in [0.25, 0.3) is 0 Å². The molecule has 3 heterocycles. The molecule has 8 heteroatoms. The summed E-state index contributed by atoms with van der Waals surface area (Å²) in [6.45, 7) is 5.04. The minimum Gasteiger partial charge on any atom is -0.399 e. The lowest BCUT2D eigenvalue weighted by atomic mass is 9.97. The lowest BCUT2D eigenvalue weighted by Gasteiger charge is -2.25.